The number of ether oxygens (including phenoxy) is 2. The van der Waals surface area contributed by atoms with Gasteiger partial charge in [0.05, 0.1) is 13.7 Å². The van der Waals surface area contributed by atoms with Crippen LogP contribution in [0.1, 0.15) is 19.4 Å². The standard InChI is InChI=1S/C15H17NO3/c1-4-19-15(17)10(2)7-11-9-16-14-8-12(18-3)5-6-13(11)14/h5-9,16H,4H2,1-3H3/b10-7+. The summed E-state index contributed by atoms with van der Waals surface area (Å²) in [7, 11) is 1.63. The summed E-state index contributed by atoms with van der Waals surface area (Å²) in [4.78, 5) is 14.7. The van der Waals surface area contributed by atoms with Gasteiger partial charge in [0.1, 0.15) is 5.75 Å². The number of nitrogens with one attached hydrogen (secondary N) is 1. The molecule has 1 heterocycles. The number of methoxy groups -OCH3 is 1. The van der Waals surface area contributed by atoms with E-state index in [1.165, 1.54) is 0 Å². The predicted octanol–water partition coefficient (Wildman–Crippen LogP) is 3.14. The zero-order valence-electron chi connectivity index (χ0n) is 11.3. The summed E-state index contributed by atoms with van der Waals surface area (Å²) in [5, 5.41) is 1.05. The highest BCUT2D eigenvalue weighted by molar-refractivity contribution is 5.97. The molecule has 0 aliphatic carbocycles. The Morgan fingerprint density at radius 3 is 2.89 bits per heavy atom. The summed E-state index contributed by atoms with van der Waals surface area (Å²) < 4.78 is 10.1. The molecule has 1 N–H and O–H groups in total. The van der Waals surface area contributed by atoms with Gasteiger partial charge >= 0.3 is 5.97 Å². The summed E-state index contributed by atoms with van der Waals surface area (Å²) in [5.41, 5.74) is 2.52. The molecular formula is C15H17NO3. The second kappa shape index (κ2) is 5.61. The Labute approximate surface area is 112 Å². The Morgan fingerprint density at radius 2 is 2.21 bits per heavy atom. The number of carbonyl (C=O) groups excluding carboxylic acids is 1. The fourth-order valence-corrected chi connectivity index (χ4v) is 1.91. The molecule has 100 valence electrons. The molecule has 0 aliphatic rings. The van der Waals surface area contributed by atoms with Gasteiger partial charge in [0.2, 0.25) is 0 Å². The first-order valence-electron chi connectivity index (χ1n) is 6.16. The first-order chi connectivity index (χ1) is 9.15. The molecule has 0 radical (unpaired) electrons. The van der Waals surface area contributed by atoms with Crippen molar-refractivity contribution in [1.82, 2.24) is 4.98 Å². The van der Waals surface area contributed by atoms with Crippen LogP contribution in [0, 0.1) is 0 Å². The number of hydrogen-bond donors (Lipinski definition) is 1. The fourth-order valence-electron chi connectivity index (χ4n) is 1.91. The molecule has 0 unspecified atom stereocenters. The van der Waals surface area contributed by atoms with Gasteiger partial charge in [-0.1, -0.05) is 0 Å². The number of benzene rings is 1. The molecule has 0 atom stereocenters. The van der Waals surface area contributed by atoms with Crippen LogP contribution >= 0.6 is 0 Å². The third kappa shape index (κ3) is 2.78. The molecule has 1 aromatic heterocycles. The Balaban J connectivity index is 2.36. The number of carbonyl (C=O) groups is 1. The Morgan fingerprint density at radius 1 is 1.42 bits per heavy atom. The molecule has 4 heteroatoms. The Kier molecular flexibility index (Phi) is 3.90. The molecule has 0 aliphatic heterocycles. The molecule has 2 rings (SSSR count). The van der Waals surface area contributed by atoms with Gasteiger partial charge in [0.25, 0.3) is 0 Å². The average Bonchev–Trinajstić information content (AvgIpc) is 2.81. The van der Waals surface area contributed by atoms with Gasteiger partial charge in [-0.05, 0) is 32.1 Å². The first-order valence-corrected chi connectivity index (χ1v) is 6.16. The number of H-pyrrole nitrogens is 1. The van der Waals surface area contributed by atoms with Crippen molar-refractivity contribution in [2.24, 2.45) is 0 Å². The topological polar surface area (TPSA) is 51.3 Å². The van der Waals surface area contributed by atoms with Crippen LogP contribution in [-0.4, -0.2) is 24.7 Å². The minimum absolute atomic E-state index is 0.287. The number of fused-ring (bicyclic) bond motifs is 1. The molecule has 0 amide bonds. The lowest BCUT2D eigenvalue weighted by Crippen LogP contribution is -2.04. The number of hydrogen-bond acceptors (Lipinski definition) is 3. The lowest BCUT2D eigenvalue weighted by Gasteiger charge is -2.01. The molecule has 0 bridgehead atoms. The number of rotatable bonds is 4. The largest absolute Gasteiger partial charge is 0.497 e. The van der Waals surface area contributed by atoms with Crippen LogP contribution in [0.2, 0.25) is 0 Å². The van der Waals surface area contributed by atoms with Crippen LogP contribution in [-0.2, 0) is 9.53 Å². The fraction of sp³-hybridized carbons (Fsp3) is 0.267. The van der Waals surface area contributed by atoms with Crippen molar-refractivity contribution in [3.63, 3.8) is 0 Å². The molecular weight excluding hydrogens is 242 g/mol. The predicted molar refractivity (Wildman–Crippen MR) is 75.1 cm³/mol. The van der Waals surface area contributed by atoms with Crippen molar-refractivity contribution in [2.45, 2.75) is 13.8 Å². The summed E-state index contributed by atoms with van der Waals surface area (Å²) in [6, 6.07) is 5.79. The summed E-state index contributed by atoms with van der Waals surface area (Å²) in [6.45, 7) is 3.93. The van der Waals surface area contributed by atoms with Gasteiger partial charge in [-0.2, -0.15) is 0 Å². The van der Waals surface area contributed by atoms with Gasteiger partial charge in [-0.15, -0.1) is 0 Å². The minimum Gasteiger partial charge on any atom is -0.497 e. The summed E-state index contributed by atoms with van der Waals surface area (Å²) >= 11 is 0. The van der Waals surface area contributed by atoms with Crippen LogP contribution in [0.15, 0.2) is 30.0 Å². The maximum atomic E-state index is 11.6. The van der Waals surface area contributed by atoms with Crippen molar-refractivity contribution in [1.29, 1.82) is 0 Å². The number of esters is 1. The van der Waals surface area contributed by atoms with Crippen molar-refractivity contribution < 1.29 is 14.3 Å². The van der Waals surface area contributed by atoms with Crippen molar-refractivity contribution in [3.05, 3.63) is 35.5 Å². The second-order valence-corrected chi connectivity index (χ2v) is 4.20. The molecule has 0 spiro atoms. The van der Waals surface area contributed by atoms with Crippen molar-refractivity contribution >= 4 is 22.9 Å². The zero-order chi connectivity index (χ0) is 13.8. The third-order valence-corrected chi connectivity index (χ3v) is 2.89. The van der Waals surface area contributed by atoms with E-state index in [-0.39, 0.29) is 5.97 Å². The van der Waals surface area contributed by atoms with E-state index in [2.05, 4.69) is 4.98 Å². The maximum Gasteiger partial charge on any atom is 0.333 e. The van der Waals surface area contributed by atoms with E-state index in [1.54, 1.807) is 21.0 Å². The van der Waals surface area contributed by atoms with Crippen LogP contribution < -0.4 is 4.74 Å². The van der Waals surface area contributed by atoms with E-state index >= 15 is 0 Å². The highest BCUT2D eigenvalue weighted by Gasteiger charge is 2.07. The van der Waals surface area contributed by atoms with Gasteiger partial charge in [-0.3, -0.25) is 0 Å². The van der Waals surface area contributed by atoms with E-state index in [1.807, 2.05) is 30.5 Å². The van der Waals surface area contributed by atoms with E-state index in [9.17, 15) is 4.79 Å². The number of aromatic amines is 1. The molecule has 2 aromatic rings. The highest BCUT2D eigenvalue weighted by Crippen LogP contribution is 2.24. The molecule has 1 aromatic carbocycles. The average molecular weight is 259 g/mol. The quantitative estimate of drug-likeness (QED) is 0.678. The molecule has 0 saturated carbocycles. The van der Waals surface area contributed by atoms with E-state index in [0.717, 1.165) is 22.2 Å². The molecule has 0 fully saturated rings. The summed E-state index contributed by atoms with van der Waals surface area (Å²) in [6.07, 6.45) is 3.69. The lowest BCUT2D eigenvalue weighted by molar-refractivity contribution is -0.138. The zero-order valence-corrected chi connectivity index (χ0v) is 11.3. The lowest BCUT2D eigenvalue weighted by atomic mass is 10.1. The van der Waals surface area contributed by atoms with Crippen LogP contribution in [0.25, 0.3) is 17.0 Å². The van der Waals surface area contributed by atoms with E-state index in [0.29, 0.717) is 12.2 Å². The van der Waals surface area contributed by atoms with Crippen LogP contribution in [0.5, 0.6) is 5.75 Å². The Bertz CT molecular complexity index is 625. The molecule has 0 saturated heterocycles. The Hall–Kier alpha value is -2.23. The first kappa shape index (κ1) is 13.2. The van der Waals surface area contributed by atoms with Gasteiger partial charge in [0.15, 0.2) is 0 Å². The second-order valence-electron chi connectivity index (χ2n) is 4.20. The smallest absolute Gasteiger partial charge is 0.333 e. The minimum atomic E-state index is -0.287. The van der Waals surface area contributed by atoms with Gasteiger partial charge in [-0.25, -0.2) is 4.79 Å². The van der Waals surface area contributed by atoms with E-state index < -0.39 is 0 Å². The maximum absolute atomic E-state index is 11.6. The summed E-state index contributed by atoms with van der Waals surface area (Å²) in [5.74, 6) is 0.511. The van der Waals surface area contributed by atoms with E-state index in [4.69, 9.17) is 9.47 Å². The van der Waals surface area contributed by atoms with Crippen LogP contribution in [0.4, 0.5) is 0 Å². The van der Waals surface area contributed by atoms with Gasteiger partial charge in [0, 0.05) is 34.3 Å². The molecule has 19 heavy (non-hydrogen) atoms. The SMILES string of the molecule is CCOC(=O)/C(C)=C/c1c[nH]c2cc(OC)ccc12. The number of aromatic nitrogens is 1. The third-order valence-electron chi connectivity index (χ3n) is 2.89. The van der Waals surface area contributed by atoms with Crippen LogP contribution in [0.3, 0.4) is 0 Å². The van der Waals surface area contributed by atoms with Crippen molar-refractivity contribution in [3.8, 4) is 5.75 Å². The normalized spacial score (nSPS) is 11.6. The molecule has 4 nitrogen and oxygen atoms in total. The highest BCUT2D eigenvalue weighted by atomic mass is 16.5. The van der Waals surface area contributed by atoms with Gasteiger partial charge < -0.3 is 14.5 Å². The van der Waals surface area contributed by atoms with Crippen molar-refractivity contribution in [2.75, 3.05) is 13.7 Å². The monoisotopic (exact) mass is 259 g/mol.